The number of esters is 1. The third-order valence-corrected chi connectivity index (χ3v) is 10.9. The average molecular weight is 722 g/mol. The highest BCUT2D eigenvalue weighted by Crippen LogP contribution is 2.63. The first-order chi connectivity index (χ1) is 23.1. The molecule has 13 nitrogen and oxygen atoms in total. The van der Waals surface area contributed by atoms with Gasteiger partial charge in [0.25, 0.3) is 0 Å². The number of aliphatic hydroxyl groups is 1. The number of anilines is 1. The molecule has 4 heterocycles. The number of rotatable bonds is 5. The van der Waals surface area contributed by atoms with Crippen molar-refractivity contribution in [3.05, 3.63) is 46.5 Å². The number of nitrogens with one attached hydrogen (secondary N) is 1. The molecule has 49 heavy (non-hydrogen) atoms. The highest BCUT2D eigenvalue weighted by molar-refractivity contribution is 7.80. The zero-order valence-corrected chi connectivity index (χ0v) is 30.3. The largest absolute Gasteiger partial charge is 0.495 e. The Balaban J connectivity index is 1.65. The maximum absolute atomic E-state index is 14.0. The number of amides is 3. The molecule has 8 atom stereocenters. The second-order valence-corrected chi connectivity index (χ2v) is 14.1. The van der Waals surface area contributed by atoms with E-state index in [2.05, 4.69) is 17.9 Å². The summed E-state index contributed by atoms with van der Waals surface area (Å²) < 4.78 is 29.4. The highest BCUT2D eigenvalue weighted by atomic mass is 35.5. The zero-order valence-electron chi connectivity index (χ0n) is 28.7. The molecule has 3 amide bonds. The van der Waals surface area contributed by atoms with Crippen molar-refractivity contribution in [1.82, 2.24) is 10.2 Å². The molecule has 3 saturated heterocycles. The van der Waals surface area contributed by atoms with Gasteiger partial charge in [0.15, 0.2) is 11.8 Å². The van der Waals surface area contributed by atoms with Gasteiger partial charge in [-0.3, -0.25) is 14.9 Å². The summed E-state index contributed by atoms with van der Waals surface area (Å²) in [5, 5.41) is 14.6. The lowest BCUT2D eigenvalue weighted by molar-refractivity contribution is -0.174. The number of nitrogens with zero attached hydrogens (tertiary/aromatic N) is 2. The minimum Gasteiger partial charge on any atom is -0.495 e. The smallest absolute Gasteiger partial charge is 0.409 e. The number of epoxide rings is 1. The van der Waals surface area contributed by atoms with E-state index in [1.807, 2.05) is 13.0 Å². The number of hydrogen-bond donors (Lipinski definition) is 3. The number of methoxy groups -OCH3 is 2. The van der Waals surface area contributed by atoms with Crippen molar-refractivity contribution in [3.63, 3.8) is 0 Å². The van der Waals surface area contributed by atoms with E-state index in [0.29, 0.717) is 17.9 Å². The van der Waals surface area contributed by atoms with Gasteiger partial charge in [0.05, 0.1) is 19.2 Å². The number of carbonyl (C=O) groups excluding carboxylic acids is 4. The summed E-state index contributed by atoms with van der Waals surface area (Å²) in [4.78, 5) is 56.8. The van der Waals surface area contributed by atoms with Crippen LogP contribution in [-0.4, -0.2) is 109 Å². The summed E-state index contributed by atoms with van der Waals surface area (Å²) in [6.45, 7) is 5.36. The first-order valence-electron chi connectivity index (χ1n) is 16.0. The Hall–Kier alpha value is -3.30. The molecule has 15 heteroatoms. The number of hydrogen-bond acceptors (Lipinski definition) is 11. The summed E-state index contributed by atoms with van der Waals surface area (Å²) in [6.07, 6.45) is 1.25. The van der Waals surface area contributed by atoms with Gasteiger partial charge in [-0.15, -0.1) is 0 Å². The number of fused-ring (bicyclic) bond motifs is 4. The van der Waals surface area contributed by atoms with E-state index >= 15 is 0 Å². The van der Waals surface area contributed by atoms with Crippen LogP contribution in [0.1, 0.15) is 45.6 Å². The van der Waals surface area contributed by atoms with E-state index < -0.39 is 65.2 Å². The quantitative estimate of drug-likeness (QED) is 0.235. The van der Waals surface area contributed by atoms with E-state index in [1.54, 1.807) is 45.2 Å². The van der Waals surface area contributed by atoms with Gasteiger partial charge in [-0.25, -0.2) is 9.59 Å². The normalized spacial score (nSPS) is 36.3. The fourth-order valence-corrected chi connectivity index (χ4v) is 8.04. The molecule has 4 aliphatic rings. The van der Waals surface area contributed by atoms with Crippen LogP contribution in [0.15, 0.2) is 35.9 Å². The number of thiol groups is 1. The van der Waals surface area contributed by atoms with Crippen molar-refractivity contribution in [1.29, 1.82) is 0 Å². The molecule has 268 valence electrons. The molecular weight excluding hydrogens is 678 g/mol. The Morgan fingerprint density at radius 2 is 1.96 bits per heavy atom. The second-order valence-electron chi connectivity index (χ2n) is 13.3. The maximum Gasteiger partial charge on any atom is 0.409 e. The molecule has 2 N–H and O–H groups in total. The number of allylic oxidation sites excluding steroid dienone is 3. The highest BCUT2D eigenvalue weighted by Gasteiger charge is 2.83. The van der Waals surface area contributed by atoms with E-state index in [0.717, 1.165) is 11.1 Å². The molecule has 0 saturated carbocycles. The topological polar surface area (TPSA) is 156 Å². The van der Waals surface area contributed by atoms with Crippen LogP contribution in [-0.2, 0) is 39.8 Å². The SMILES string of the molecule is COc1cc2cc(c1Cl)N(C)C(=O)C[C@@H]1OC(=O)[C@H](N(C)C(=O)CCS)[C@]3(O[C@]13C)[C@H](C)C1C[C@@](O)(NC(=O)O1)[C@H](OC)/C=C/C=C(\C)C2. The van der Waals surface area contributed by atoms with Crippen molar-refractivity contribution < 1.29 is 48.0 Å². The predicted octanol–water partition coefficient (Wildman–Crippen LogP) is 3.20. The van der Waals surface area contributed by atoms with E-state index in [4.69, 9.17) is 35.3 Å². The van der Waals surface area contributed by atoms with Gasteiger partial charge >= 0.3 is 12.1 Å². The van der Waals surface area contributed by atoms with Crippen LogP contribution in [0.4, 0.5) is 10.5 Å². The summed E-state index contributed by atoms with van der Waals surface area (Å²) in [6, 6.07) is 2.32. The molecule has 0 spiro atoms. The van der Waals surface area contributed by atoms with E-state index in [9.17, 15) is 24.3 Å². The Labute approximate surface area is 296 Å². The summed E-state index contributed by atoms with van der Waals surface area (Å²) in [7, 11) is 5.95. The van der Waals surface area contributed by atoms with Gasteiger partial charge in [-0.2, -0.15) is 12.6 Å². The van der Waals surface area contributed by atoms with Crippen LogP contribution in [0.3, 0.4) is 0 Å². The monoisotopic (exact) mass is 721 g/mol. The number of ether oxygens (including phenoxy) is 5. The van der Waals surface area contributed by atoms with Gasteiger partial charge < -0.3 is 38.6 Å². The summed E-state index contributed by atoms with van der Waals surface area (Å²) in [5.74, 6) is -1.76. The van der Waals surface area contributed by atoms with Crippen LogP contribution in [0.2, 0.25) is 5.02 Å². The molecule has 6 bridgehead atoms. The standard InChI is InChI=1S/C34H44ClN3O10S/c1-18-9-8-10-24(45-7)33(43)17-23(46-31(42)36-33)19(2)34-29(38(5)26(39)11-12-49)30(41)47-25(32(34,3)48-34)16-27(40)37(4)21-14-20(13-18)15-22(44-6)28(21)35/h8-10,14-15,19,23-25,29,43,49H,11-13,16-17H2,1-7H3,(H,36,42)/b10-8+,18-9+/t19-,23?,24-,25+,29+,32-,33+,34-/m1/s1. The zero-order chi connectivity index (χ0) is 36.1. The van der Waals surface area contributed by atoms with Gasteiger partial charge in [-0.1, -0.05) is 42.3 Å². The number of halogens is 1. The predicted molar refractivity (Wildman–Crippen MR) is 183 cm³/mol. The lowest BCUT2D eigenvalue weighted by atomic mass is 9.69. The second kappa shape index (κ2) is 13.8. The maximum atomic E-state index is 14.0. The minimum absolute atomic E-state index is 0.0401. The van der Waals surface area contributed by atoms with Crippen molar-refractivity contribution in [2.45, 2.75) is 87.7 Å². The first kappa shape index (κ1) is 37.0. The van der Waals surface area contributed by atoms with E-state index in [1.165, 1.54) is 31.1 Å². The number of benzene rings is 1. The first-order valence-corrected chi connectivity index (χ1v) is 17.1. The molecule has 0 radical (unpaired) electrons. The third-order valence-electron chi connectivity index (χ3n) is 10.3. The van der Waals surface area contributed by atoms with Crippen LogP contribution < -0.4 is 15.0 Å². The van der Waals surface area contributed by atoms with Crippen molar-refractivity contribution in [2.75, 3.05) is 39.0 Å². The van der Waals surface area contributed by atoms with Crippen LogP contribution >= 0.6 is 24.2 Å². The van der Waals surface area contributed by atoms with Crippen LogP contribution in [0, 0.1) is 5.92 Å². The summed E-state index contributed by atoms with van der Waals surface area (Å²) in [5.41, 5.74) is -2.56. The molecule has 3 fully saturated rings. The molecule has 1 aromatic rings. The number of alkyl carbamates (subject to hydrolysis) is 1. The van der Waals surface area contributed by atoms with Crippen molar-refractivity contribution in [2.24, 2.45) is 5.92 Å². The Morgan fingerprint density at radius 1 is 1.24 bits per heavy atom. The average Bonchev–Trinajstić information content (AvgIpc) is 3.69. The van der Waals surface area contributed by atoms with Gasteiger partial charge in [-0.05, 0) is 43.7 Å². The molecule has 1 aromatic carbocycles. The van der Waals surface area contributed by atoms with Crippen molar-refractivity contribution >= 4 is 53.8 Å². The molecular formula is C34H44ClN3O10S. The lowest BCUT2D eigenvalue weighted by Gasteiger charge is -2.46. The van der Waals surface area contributed by atoms with Crippen LogP contribution in [0.5, 0.6) is 5.75 Å². The third kappa shape index (κ3) is 6.42. The fourth-order valence-electron chi connectivity index (χ4n) is 7.54. The van der Waals surface area contributed by atoms with Gasteiger partial charge in [0.1, 0.15) is 40.3 Å². The van der Waals surface area contributed by atoms with Crippen molar-refractivity contribution in [3.8, 4) is 5.75 Å². The van der Waals surface area contributed by atoms with E-state index in [-0.39, 0.29) is 35.9 Å². The Bertz CT molecular complexity index is 1590. The van der Waals surface area contributed by atoms with Crippen LogP contribution in [0.25, 0.3) is 0 Å². The Kier molecular flexibility index (Phi) is 10.4. The van der Waals surface area contributed by atoms with Gasteiger partial charge in [0.2, 0.25) is 11.8 Å². The molecule has 4 aliphatic heterocycles. The number of carbonyl (C=O) groups is 4. The molecule has 1 unspecified atom stereocenters. The number of likely N-dealkylation sites (N-methyl/N-ethyl adjacent to an activating group) is 1. The molecule has 0 aromatic heterocycles. The minimum atomic E-state index is -1.92. The molecule has 5 rings (SSSR count). The lowest BCUT2D eigenvalue weighted by Crippen LogP contribution is -2.68. The summed E-state index contributed by atoms with van der Waals surface area (Å²) >= 11 is 10.9. The van der Waals surface area contributed by atoms with Gasteiger partial charge in [0, 0.05) is 40.0 Å². The Morgan fingerprint density at radius 3 is 2.61 bits per heavy atom. The fraction of sp³-hybridized carbons (Fsp3) is 0.588. The molecule has 0 aliphatic carbocycles.